The molecule has 1 aliphatic rings. The summed E-state index contributed by atoms with van der Waals surface area (Å²) in [6, 6.07) is 5.26. The van der Waals surface area contributed by atoms with Gasteiger partial charge in [-0.2, -0.15) is 13.2 Å². The summed E-state index contributed by atoms with van der Waals surface area (Å²) in [5, 5.41) is 0. The number of hydrogen-bond donors (Lipinski definition) is 0. The number of carbonyl (C=O) groups is 1. The molecular formula is C16H20F3NO2. The molecule has 122 valence electrons. The molecule has 1 aromatic carbocycles. The van der Waals surface area contributed by atoms with Gasteiger partial charge < -0.3 is 9.64 Å². The van der Waals surface area contributed by atoms with E-state index in [9.17, 15) is 18.0 Å². The first-order chi connectivity index (χ1) is 10.4. The van der Waals surface area contributed by atoms with E-state index in [1.807, 2.05) is 0 Å². The number of amides is 1. The van der Waals surface area contributed by atoms with E-state index in [-0.39, 0.29) is 23.8 Å². The smallest absolute Gasteiger partial charge is 0.384 e. The number of carbonyl (C=O) groups excluding carboxylic acids is 1. The van der Waals surface area contributed by atoms with Crippen LogP contribution in [0.3, 0.4) is 0 Å². The average molecular weight is 315 g/mol. The summed E-state index contributed by atoms with van der Waals surface area (Å²) in [6.07, 6.45) is -2.80. The Morgan fingerprint density at radius 1 is 1.36 bits per heavy atom. The molecule has 1 atom stereocenters. The van der Waals surface area contributed by atoms with Crippen molar-refractivity contribution in [1.82, 2.24) is 4.90 Å². The lowest BCUT2D eigenvalue weighted by molar-refractivity contribution is -0.139. The maximum atomic E-state index is 13.0. The van der Waals surface area contributed by atoms with Crippen molar-refractivity contribution in [2.24, 2.45) is 5.92 Å². The first kappa shape index (κ1) is 16.8. The third-order valence-corrected chi connectivity index (χ3v) is 3.94. The molecule has 1 fully saturated rings. The SMILES string of the molecule is COCC1CCCN(C(=O)Cc2ccccc2C(F)(F)F)C1. The van der Waals surface area contributed by atoms with E-state index in [1.54, 1.807) is 12.0 Å². The van der Waals surface area contributed by atoms with Gasteiger partial charge in [0.25, 0.3) is 0 Å². The zero-order valence-electron chi connectivity index (χ0n) is 12.5. The van der Waals surface area contributed by atoms with Crippen molar-refractivity contribution in [3.05, 3.63) is 35.4 Å². The second-order valence-corrected chi connectivity index (χ2v) is 5.64. The number of alkyl halides is 3. The molecule has 22 heavy (non-hydrogen) atoms. The molecule has 1 aliphatic heterocycles. The van der Waals surface area contributed by atoms with Crippen molar-refractivity contribution >= 4 is 5.91 Å². The monoisotopic (exact) mass is 315 g/mol. The quantitative estimate of drug-likeness (QED) is 0.854. The van der Waals surface area contributed by atoms with Gasteiger partial charge in [0.15, 0.2) is 0 Å². The summed E-state index contributed by atoms with van der Waals surface area (Å²) in [6.45, 7) is 1.73. The largest absolute Gasteiger partial charge is 0.416 e. The lowest BCUT2D eigenvalue weighted by atomic mass is 9.97. The van der Waals surface area contributed by atoms with Crippen molar-refractivity contribution in [3.8, 4) is 0 Å². The van der Waals surface area contributed by atoms with E-state index in [0.717, 1.165) is 18.9 Å². The highest BCUT2D eigenvalue weighted by Gasteiger charge is 2.34. The third-order valence-electron chi connectivity index (χ3n) is 3.94. The molecular weight excluding hydrogens is 295 g/mol. The fourth-order valence-corrected chi connectivity index (χ4v) is 2.89. The number of piperidine rings is 1. The molecule has 6 heteroatoms. The highest BCUT2D eigenvalue weighted by Crippen LogP contribution is 2.32. The van der Waals surface area contributed by atoms with Crippen molar-refractivity contribution in [2.75, 3.05) is 26.8 Å². The van der Waals surface area contributed by atoms with E-state index in [0.29, 0.717) is 19.7 Å². The van der Waals surface area contributed by atoms with Crippen LogP contribution in [0.15, 0.2) is 24.3 Å². The highest BCUT2D eigenvalue weighted by molar-refractivity contribution is 5.79. The first-order valence-corrected chi connectivity index (χ1v) is 7.33. The molecule has 0 radical (unpaired) electrons. The van der Waals surface area contributed by atoms with Gasteiger partial charge in [-0.05, 0) is 30.4 Å². The zero-order valence-corrected chi connectivity index (χ0v) is 12.5. The second-order valence-electron chi connectivity index (χ2n) is 5.64. The van der Waals surface area contributed by atoms with Crippen molar-refractivity contribution in [2.45, 2.75) is 25.4 Å². The molecule has 2 rings (SSSR count). The molecule has 1 amide bonds. The minimum absolute atomic E-state index is 0.0360. The molecule has 3 nitrogen and oxygen atoms in total. The van der Waals surface area contributed by atoms with E-state index in [1.165, 1.54) is 18.2 Å². The maximum Gasteiger partial charge on any atom is 0.416 e. The Morgan fingerprint density at radius 3 is 2.77 bits per heavy atom. The summed E-state index contributed by atoms with van der Waals surface area (Å²) in [4.78, 5) is 14.0. The number of likely N-dealkylation sites (tertiary alicyclic amines) is 1. The molecule has 1 unspecified atom stereocenters. The van der Waals surface area contributed by atoms with Gasteiger partial charge in [-0.15, -0.1) is 0 Å². The molecule has 1 heterocycles. The Morgan fingerprint density at radius 2 is 2.09 bits per heavy atom. The maximum absolute atomic E-state index is 13.0. The topological polar surface area (TPSA) is 29.5 Å². The minimum Gasteiger partial charge on any atom is -0.384 e. The summed E-state index contributed by atoms with van der Waals surface area (Å²) >= 11 is 0. The van der Waals surface area contributed by atoms with Crippen LogP contribution in [0.2, 0.25) is 0 Å². The van der Waals surface area contributed by atoms with Crippen LogP contribution in [0.5, 0.6) is 0 Å². The van der Waals surface area contributed by atoms with Crippen molar-refractivity contribution in [1.29, 1.82) is 0 Å². The number of benzene rings is 1. The van der Waals surface area contributed by atoms with Gasteiger partial charge in [0.1, 0.15) is 0 Å². The highest BCUT2D eigenvalue weighted by atomic mass is 19.4. The number of hydrogen-bond acceptors (Lipinski definition) is 2. The normalized spacial score (nSPS) is 19.3. The predicted octanol–water partition coefficient (Wildman–Crippen LogP) is 3.13. The van der Waals surface area contributed by atoms with Gasteiger partial charge in [-0.1, -0.05) is 18.2 Å². The van der Waals surface area contributed by atoms with Crippen molar-refractivity contribution in [3.63, 3.8) is 0 Å². The molecule has 0 aromatic heterocycles. The van der Waals surface area contributed by atoms with E-state index < -0.39 is 11.7 Å². The third kappa shape index (κ3) is 4.22. The lowest BCUT2D eigenvalue weighted by Crippen LogP contribution is -2.42. The number of nitrogens with zero attached hydrogens (tertiary/aromatic N) is 1. The summed E-state index contributed by atoms with van der Waals surface area (Å²) in [5.41, 5.74) is -0.692. The van der Waals surface area contributed by atoms with Crippen LogP contribution in [-0.4, -0.2) is 37.6 Å². The molecule has 1 aromatic rings. The van der Waals surface area contributed by atoms with Crippen LogP contribution in [0.4, 0.5) is 13.2 Å². The van der Waals surface area contributed by atoms with Crippen LogP contribution < -0.4 is 0 Å². The number of ether oxygens (including phenoxy) is 1. The van der Waals surface area contributed by atoms with Crippen LogP contribution in [0, 0.1) is 5.92 Å². The molecule has 1 saturated heterocycles. The van der Waals surface area contributed by atoms with E-state index in [2.05, 4.69) is 0 Å². The Kier molecular flexibility index (Phi) is 5.45. The van der Waals surface area contributed by atoms with Gasteiger partial charge in [-0.3, -0.25) is 4.79 Å². The van der Waals surface area contributed by atoms with Gasteiger partial charge in [-0.25, -0.2) is 0 Å². The molecule has 0 saturated carbocycles. The fraction of sp³-hybridized carbons (Fsp3) is 0.562. The Bertz CT molecular complexity index is 514. The minimum atomic E-state index is -4.43. The van der Waals surface area contributed by atoms with Gasteiger partial charge in [0, 0.05) is 20.2 Å². The first-order valence-electron chi connectivity index (χ1n) is 7.33. The molecule has 0 bridgehead atoms. The Balaban J connectivity index is 2.06. The van der Waals surface area contributed by atoms with Gasteiger partial charge in [0.05, 0.1) is 18.6 Å². The number of halogens is 3. The van der Waals surface area contributed by atoms with Crippen LogP contribution in [0.1, 0.15) is 24.0 Å². The summed E-state index contributed by atoms with van der Waals surface area (Å²) < 4.78 is 44.0. The van der Waals surface area contributed by atoms with Crippen molar-refractivity contribution < 1.29 is 22.7 Å². The Labute approximate surface area is 128 Å². The van der Waals surface area contributed by atoms with Gasteiger partial charge >= 0.3 is 6.18 Å². The lowest BCUT2D eigenvalue weighted by Gasteiger charge is -2.32. The van der Waals surface area contributed by atoms with Gasteiger partial charge in [0.2, 0.25) is 5.91 Å². The molecule has 0 N–H and O–H groups in total. The fourth-order valence-electron chi connectivity index (χ4n) is 2.89. The zero-order chi connectivity index (χ0) is 16.2. The van der Waals surface area contributed by atoms with E-state index >= 15 is 0 Å². The standard InChI is InChI=1S/C16H20F3NO2/c1-22-11-12-5-4-8-20(10-12)15(21)9-13-6-2-3-7-14(13)16(17,18)19/h2-3,6-7,12H,4-5,8-11H2,1H3. The van der Waals surface area contributed by atoms with Crippen LogP contribution in [0.25, 0.3) is 0 Å². The van der Waals surface area contributed by atoms with Crippen LogP contribution in [-0.2, 0) is 22.1 Å². The number of methoxy groups -OCH3 is 1. The molecule has 0 aliphatic carbocycles. The Hall–Kier alpha value is -1.56. The van der Waals surface area contributed by atoms with E-state index in [4.69, 9.17) is 4.74 Å². The predicted molar refractivity (Wildman–Crippen MR) is 76.3 cm³/mol. The summed E-state index contributed by atoms with van der Waals surface area (Å²) in [5.74, 6) is 0.0121. The average Bonchev–Trinajstić information content (AvgIpc) is 2.47. The molecule has 0 spiro atoms. The number of rotatable bonds is 4. The van der Waals surface area contributed by atoms with Crippen LogP contribution >= 0.6 is 0 Å². The second kappa shape index (κ2) is 7.13. The summed E-state index contributed by atoms with van der Waals surface area (Å²) in [7, 11) is 1.61.